The summed E-state index contributed by atoms with van der Waals surface area (Å²) >= 11 is 5.93. The van der Waals surface area contributed by atoms with Gasteiger partial charge in [0.25, 0.3) is 10.0 Å². The summed E-state index contributed by atoms with van der Waals surface area (Å²) in [6.45, 7) is 1.83. The van der Waals surface area contributed by atoms with Gasteiger partial charge in [-0.3, -0.25) is 4.72 Å². The third kappa shape index (κ3) is 2.93. The second kappa shape index (κ2) is 5.63. The maximum absolute atomic E-state index is 12.6. The highest BCUT2D eigenvalue weighted by molar-refractivity contribution is 7.92. The Kier molecular flexibility index (Phi) is 3.81. The van der Waals surface area contributed by atoms with E-state index in [9.17, 15) is 8.42 Å². The molecule has 0 aliphatic rings. The van der Waals surface area contributed by atoms with Crippen LogP contribution in [0.15, 0.2) is 65.6 Å². The number of anilines is 1. The molecule has 0 aliphatic heterocycles. The third-order valence-corrected chi connectivity index (χ3v) is 5.07. The van der Waals surface area contributed by atoms with Crippen molar-refractivity contribution in [3.63, 3.8) is 0 Å². The van der Waals surface area contributed by atoms with E-state index in [0.717, 1.165) is 16.3 Å². The van der Waals surface area contributed by atoms with Gasteiger partial charge in [-0.05, 0) is 47.5 Å². The molecule has 0 saturated carbocycles. The minimum Gasteiger partial charge on any atom is -0.279 e. The Morgan fingerprint density at radius 3 is 2.41 bits per heavy atom. The van der Waals surface area contributed by atoms with Crippen LogP contribution in [0.4, 0.5) is 5.69 Å². The summed E-state index contributed by atoms with van der Waals surface area (Å²) in [5, 5.41) is 2.37. The van der Waals surface area contributed by atoms with Crippen molar-refractivity contribution < 1.29 is 8.42 Å². The zero-order valence-electron chi connectivity index (χ0n) is 11.9. The van der Waals surface area contributed by atoms with E-state index in [2.05, 4.69) is 4.72 Å². The van der Waals surface area contributed by atoms with Crippen molar-refractivity contribution in [3.8, 4) is 0 Å². The monoisotopic (exact) mass is 331 g/mol. The van der Waals surface area contributed by atoms with Crippen LogP contribution in [0.5, 0.6) is 0 Å². The first kappa shape index (κ1) is 14.9. The summed E-state index contributed by atoms with van der Waals surface area (Å²) in [4.78, 5) is 0.227. The Balaban J connectivity index is 2.02. The lowest BCUT2D eigenvalue weighted by Crippen LogP contribution is -2.13. The van der Waals surface area contributed by atoms with Gasteiger partial charge < -0.3 is 0 Å². The summed E-state index contributed by atoms with van der Waals surface area (Å²) in [7, 11) is -3.65. The Bertz CT molecular complexity index is 952. The molecule has 3 nitrogen and oxygen atoms in total. The van der Waals surface area contributed by atoms with Crippen LogP contribution in [0.2, 0.25) is 5.02 Å². The van der Waals surface area contributed by atoms with Crippen LogP contribution in [0, 0.1) is 6.92 Å². The Morgan fingerprint density at radius 1 is 0.909 bits per heavy atom. The van der Waals surface area contributed by atoms with Gasteiger partial charge in [-0.1, -0.05) is 48.0 Å². The summed E-state index contributed by atoms with van der Waals surface area (Å²) in [6.07, 6.45) is 0. The van der Waals surface area contributed by atoms with E-state index in [4.69, 9.17) is 11.6 Å². The van der Waals surface area contributed by atoms with Gasteiger partial charge in [0.15, 0.2) is 0 Å². The normalized spacial score (nSPS) is 11.5. The van der Waals surface area contributed by atoms with E-state index in [1.165, 1.54) is 0 Å². The van der Waals surface area contributed by atoms with E-state index in [1.54, 1.807) is 36.4 Å². The molecule has 0 bridgehead atoms. The average Bonchev–Trinajstić information content (AvgIpc) is 2.50. The summed E-state index contributed by atoms with van der Waals surface area (Å²) in [5.74, 6) is 0. The van der Waals surface area contributed by atoms with Gasteiger partial charge in [0.1, 0.15) is 0 Å². The van der Waals surface area contributed by atoms with E-state index < -0.39 is 10.0 Å². The molecule has 3 rings (SSSR count). The molecule has 0 fully saturated rings. The number of rotatable bonds is 3. The van der Waals surface area contributed by atoms with Crippen molar-refractivity contribution in [2.75, 3.05) is 4.72 Å². The van der Waals surface area contributed by atoms with Crippen LogP contribution in [0.1, 0.15) is 5.56 Å². The molecule has 0 spiro atoms. The minimum absolute atomic E-state index is 0.227. The van der Waals surface area contributed by atoms with E-state index >= 15 is 0 Å². The summed E-state index contributed by atoms with van der Waals surface area (Å²) in [5.41, 5.74) is 1.30. The number of hydrogen-bond donors (Lipinski definition) is 1. The lowest BCUT2D eigenvalue weighted by atomic mass is 10.1. The predicted octanol–water partition coefficient (Wildman–Crippen LogP) is 4.60. The smallest absolute Gasteiger partial charge is 0.261 e. The highest BCUT2D eigenvalue weighted by atomic mass is 35.5. The third-order valence-electron chi connectivity index (χ3n) is 3.48. The number of halogens is 1. The zero-order valence-corrected chi connectivity index (χ0v) is 13.4. The van der Waals surface area contributed by atoms with Gasteiger partial charge in [0.05, 0.1) is 10.6 Å². The van der Waals surface area contributed by atoms with Gasteiger partial charge in [-0.15, -0.1) is 0 Å². The maximum Gasteiger partial charge on any atom is 0.261 e. The van der Waals surface area contributed by atoms with Crippen molar-refractivity contribution in [3.05, 3.63) is 71.2 Å². The van der Waals surface area contributed by atoms with Gasteiger partial charge in [-0.2, -0.15) is 0 Å². The van der Waals surface area contributed by atoms with E-state index in [0.29, 0.717) is 10.7 Å². The first-order valence-corrected chi connectivity index (χ1v) is 8.60. The zero-order chi connectivity index (χ0) is 15.7. The summed E-state index contributed by atoms with van der Waals surface area (Å²) in [6, 6.07) is 17.8. The molecule has 3 aromatic rings. The van der Waals surface area contributed by atoms with E-state index in [1.807, 2.05) is 31.2 Å². The highest BCUT2D eigenvalue weighted by Gasteiger charge is 2.15. The van der Waals surface area contributed by atoms with Crippen LogP contribution in [0.25, 0.3) is 10.8 Å². The lowest BCUT2D eigenvalue weighted by molar-refractivity contribution is 0.601. The Labute approximate surface area is 134 Å². The quantitative estimate of drug-likeness (QED) is 0.762. The fourth-order valence-corrected chi connectivity index (χ4v) is 3.57. The predicted molar refractivity (Wildman–Crippen MR) is 90.9 cm³/mol. The van der Waals surface area contributed by atoms with Crippen LogP contribution in [0.3, 0.4) is 0 Å². The van der Waals surface area contributed by atoms with Gasteiger partial charge in [0, 0.05) is 5.02 Å². The highest BCUT2D eigenvalue weighted by Crippen LogP contribution is 2.25. The second-order valence-electron chi connectivity index (χ2n) is 5.07. The van der Waals surface area contributed by atoms with Gasteiger partial charge >= 0.3 is 0 Å². The lowest BCUT2D eigenvalue weighted by Gasteiger charge is -2.11. The molecule has 0 aromatic heterocycles. The molecule has 22 heavy (non-hydrogen) atoms. The van der Waals surface area contributed by atoms with Crippen LogP contribution in [-0.4, -0.2) is 8.42 Å². The second-order valence-corrected chi connectivity index (χ2v) is 7.19. The van der Waals surface area contributed by atoms with Crippen LogP contribution < -0.4 is 4.72 Å². The van der Waals surface area contributed by atoms with Crippen molar-refractivity contribution in [1.29, 1.82) is 0 Å². The van der Waals surface area contributed by atoms with Crippen molar-refractivity contribution >= 4 is 38.1 Å². The number of hydrogen-bond acceptors (Lipinski definition) is 2. The maximum atomic E-state index is 12.6. The molecular formula is C17H14ClNO2S. The molecule has 0 heterocycles. The number of benzene rings is 3. The largest absolute Gasteiger partial charge is 0.279 e. The molecule has 112 valence electrons. The molecule has 1 N–H and O–H groups in total. The Morgan fingerprint density at radius 2 is 1.64 bits per heavy atom. The topological polar surface area (TPSA) is 46.2 Å². The molecule has 0 saturated heterocycles. The fraction of sp³-hybridized carbons (Fsp3) is 0.0588. The molecule has 3 aromatic carbocycles. The molecular weight excluding hydrogens is 318 g/mol. The summed E-state index contributed by atoms with van der Waals surface area (Å²) < 4.78 is 27.7. The van der Waals surface area contributed by atoms with Crippen molar-refractivity contribution in [2.45, 2.75) is 11.8 Å². The average molecular weight is 332 g/mol. The molecule has 0 aliphatic carbocycles. The Hall–Kier alpha value is -2.04. The first-order chi connectivity index (χ1) is 10.5. The fourth-order valence-electron chi connectivity index (χ4n) is 2.24. The molecule has 0 amide bonds. The first-order valence-electron chi connectivity index (χ1n) is 6.73. The standard InChI is InChI=1S/C17H14ClNO2S/c1-12-6-8-15(18)11-17(12)19-22(20,21)16-9-7-13-4-2-3-5-14(13)10-16/h2-11,19H,1H3. The van der Waals surface area contributed by atoms with Gasteiger partial charge in [0.2, 0.25) is 0 Å². The SMILES string of the molecule is Cc1ccc(Cl)cc1NS(=O)(=O)c1ccc2ccccc2c1. The number of fused-ring (bicyclic) bond motifs is 1. The van der Waals surface area contributed by atoms with Crippen molar-refractivity contribution in [1.82, 2.24) is 0 Å². The van der Waals surface area contributed by atoms with Crippen LogP contribution in [-0.2, 0) is 10.0 Å². The molecule has 0 radical (unpaired) electrons. The molecule has 5 heteroatoms. The van der Waals surface area contributed by atoms with Gasteiger partial charge in [-0.25, -0.2) is 8.42 Å². The molecule has 0 atom stereocenters. The number of sulfonamides is 1. The van der Waals surface area contributed by atoms with E-state index in [-0.39, 0.29) is 4.90 Å². The van der Waals surface area contributed by atoms with Crippen molar-refractivity contribution in [2.24, 2.45) is 0 Å². The minimum atomic E-state index is -3.65. The number of aryl methyl sites for hydroxylation is 1. The van der Waals surface area contributed by atoms with Crippen LogP contribution >= 0.6 is 11.6 Å². The molecule has 0 unspecified atom stereocenters. The number of nitrogens with one attached hydrogen (secondary N) is 1.